The molecule has 4 aromatic rings. The number of halogens is 1. The van der Waals surface area contributed by atoms with Gasteiger partial charge < -0.3 is 5.32 Å². The van der Waals surface area contributed by atoms with Gasteiger partial charge in [0.25, 0.3) is 5.56 Å². The molecule has 4 rings (SSSR count). The van der Waals surface area contributed by atoms with Crippen LogP contribution in [0.4, 0.5) is 10.1 Å². The Kier molecular flexibility index (Phi) is 4.63. The van der Waals surface area contributed by atoms with Crippen LogP contribution in [-0.2, 0) is 11.3 Å². The Labute approximate surface area is 164 Å². The molecule has 0 aliphatic carbocycles. The molecule has 8 nitrogen and oxygen atoms in total. The normalized spacial score (nSPS) is 11.0. The highest BCUT2D eigenvalue weighted by Crippen LogP contribution is 2.18. The molecule has 0 saturated carbocycles. The molecular weight excluding hydrogens is 375 g/mol. The highest BCUT2D eigenvalue weighted by atomic mass is 19.1. The number of rotatable bonds is 4. The van der Waals surface area contributed by atoms with Crippen LogP contribution in [0.1, 0.15) is 11.1 Å². The van der Waals surface area contributed by atoms with E-state index in [0.29, 0.717) is 11.4 Å². The molecule has 1 amide bonds. The van der Waals surface area contributed by atoms with Crippen LogP contribution in [0.2, 0.25) is 0 Å². The van der Waals surface area contributed by atoms with E-state index in [0.717, 1.165) is 11.1 Å². The SMILES string of the molecule is Cc1cccc(NC(=O)Cn2cnc3c(nnn3-c3ccc(F)cc3)c2=O)c1C. The molecule has 1 N–H and O–H groups in total. The van der Waals surface area contributed by atoms with Crippen molar-refractivity contribution in [2.75, 3.05) is 5.32 Å². The van der Waals surface area contributed by atoms with Crippen molar-refractivity contribution in [1.82, 2.24) is 24.5 Å². The van der Waals surface area contributed by atoms with Crippen molar-refractivity contribution < 1.29 is 9.18 Å². The summed E-state index contributed by atoms with van der Waals surface area (Å²) in [6, 6.07) is 11.2. The van der Waals surface area contributed by atoms with Crippen LogP contribution >= 0.6 is 0 Å². The van der Waals surface area contributed by atoms with Crippen LogP contribution in [0, 0.1) is 19.7 Å². The number of aryl methyl sites for hydroxylation is 1. The van der Waals surface area contributed by atoms with Gasteiger partial charge in [0.1, 0.15) is 18.7 Å². The van der Waals surface area contributed by atoms with Crippen LogP contribution in [-0.4, -0.2) is 30.5 Å². The van der Waals surface area contributed by atoms with Crippen molar-refractivity contribution in [2.45, 2.75) is 20.4 Å². The van der Waals surface area contributed by atoms with Gasteiger partial charge >= 0.3 is 0 Å². The van der Waals surface area contributed by atoms with Crippen LogP contribution in [0.25, 0.3) is 16.9 Å². The van der Waals surface area contributed by atoms with E-state index in [1.807, 2.05) is 26.0 Å². The summed E-state index contributed by atoms with van der Waals surface area (Å²) >= 11 is 0. The summed E-state index contributed by atoms with van der Waals surface area (Å²) in [6.07, 6.45) is 1.27. The molecule has 0 atom stereocenters. The van der Waals surface area contributed by atoms with Crippen LogP contribution in [0.3, 0.4) is 0 Å². The molecule has 0 unspecified atom stereocenters. The largest absolute Gasteiger partial charge is 0.324 e. The summed E-state index contributed by atoms with van der Waals surface area (Å²) in [7, 11) is 0. The fourth-order valence-corrected chi connectivity index (χ4v) is 2.94. The summed E-state index contributed by atoms with van der Waals surface area (Å²) in [4.78, 5) is 29.3. The van der Waals surface area contributed by atoms with Gasteiger partial charge in [0.15, 0.2) is 11.2 Å². The molecule has 0 aliphatic heterocycles. The molecule has 0 radical (unpaired) electrons. The van der Waals surface area contributed by atoms with Crippen molar-refractivity contribution in [3.8, 4) is 5.69 Å². The van der Waals surface area contributed by atoms with Crippen molar-refractivity contribution in [3.63, 3.8) is 0 Å². The fraction of sp³-hybridized carbons (Fsp3) is 0.150. The predicted octanol–water partition coefficient (Wildman–Crippen LogP) is 2.37. The first kappa shape index (κ1) is 18.5. The smallest absolute Gasteiger partial charge is 0.284 e. The Bertz CT molecular complexity index is 1280. The molecule has 0 fully saturated rings. The summed E-state index contributed by atoms with van der Waals surface area (Å²) in [6.45, 7) is 3.66. The van der Waals surface area contributed by atoms with E-state index in [1.54, 1.807) is 6.07 Å². The van der Waals surface area contributed by atoms with Gasteiger partial charge in [-0.25, -0.2) is 9.37 Å². The summed E-state index contributed by atoms with van der Waals surface area (Å²) < 4.78 is 15.6. The molecule has 0 bridgehead atoms. The summed E-state index contributed by atoms with van der Waals surface area (Å²) in [5.74, 6) is -0.740. The number of carbonyl (C=O) groups excluding carboxylic acids is 1. The van der Waals surface area contributed by atoms with Crippen LogP contribution < -0.4 is 10.9 Å². The Morgan fingerprint density at radius 1 is 1.14 bits per heavy atom. The number of nitrogens with zero attached hydrogens (tertiary/aromatic N) is 5. The third-order valence-corrected chi connectivity index (χ3v) is 4.69. The van der Waals surface area contributed by atoms with Gasteiger partial charge in [0.05, 0.1) is 5.69 Å². The van der Waals surface area contributed by atoms with E-state index >= 15 is 0 Å². The lowest BCUT2D eigenvalue weighted by Gasteiger charge is -2.11. The van der Waals surface area contributed by atoms with E-state index in [2.05, 4.69) is 20.6 Å². The minimum absolute atomic E-state index is 0.0244. The Morgan fingerprint density at radius 3 is 2.66 bits per heavy atom. The zero-order chi connectivity index (χ0) is 20.5. The highest BCUT2D eigenvalue weighted by molar-refractivity contribution is 5.91. The van der Waals surface area contributed by atoms with Crippen molar-refractivity contribution in [3.05, 3.63) is 76.1 Å². The second-order valence-corrected chi connectivity index (χ2v) is 6.62. The molecule has 9 heteroatoms. The number of benzene rings is 2. The molecule has 2 heterocycles. The van der Waals surface area contributed by atoms with Gasteiger partial charge in [-0.1, -0.05) is 17.3 Å². The number of carbonyl (C=O) groups is 1. The first-order valence-electron chi connectivity index (χ1n) is 8.87. The number of amides is 1. The van der Waals surface area contributed by atoms with Gasteiger partial charge in [0, 0.05) is 5.69 Å². The molecule has 29 heavy (non-hydrogen) atoms. The molecule has 0 spiro atoms. The number of nitrogens with one attached hydrogen (secondary N) is 1. The molecule has 2 aromatic heterocycles. The maximum Gasteiger partial charge on any atom is 0.284 e. The van der Waals surface area contributed by atoms with E-state index < -0.39 is 5.56 Å². The van der Waals surface area contributed by atoms with E-state index in [4.69, 9.17) is 0 Å². The van der Waals surface area contributed by atoms with Crippen molar-refractivity contribution in [1.29, 1.82) is 0 Å². The van der Waals surface area contributed by atoms with Crippen molar-refractivity contribution >= 4 is 22.8 Å². The van der Waals surface area contributed by atoms with E-state index in [9.17, 15) is 14.0 Å². The molecular formula is C20H17FN6O2. The van der Waals surface area contributed by atoms with Gasteiger partial charge in [-0.3, -0.25) is 14.2 Å². The highest BCUT2D eigenvalue weighted by Gasteiger charge is 2.15. The summed E-state index contributed by atoms with van der Waals surface area (Å²) in [5, 5.41) is 10.6. The van der Waals surface area contributed by atoms with Gasteiger partial charge in [-0.05, 0) is 55.3 Å². The van der Waals surface area contributed by atoms with Crippen LogP contribution in [0.5, 0.6) is 0 Å². The fourth-order valence-electron chi connectivity index (χ4n) is 2.94. The predicted molar refractivity (Wildman–Crippen MR) is 105 cm³/mol. The molecule has 0 saturated heterocycles. The number of hydrogen-bond donors (Lipinski definition) is 1. The number of fused-ring (bicyclic) bond motifs is 1. The second-order valence-electron chi connectivity index (χ2n) is 6.62. The molecule has 146 valence electrons. The number of hydrogen-bond acceptors (Lipinski definition) is 5. The lowest BCUT2D eigenvalue weighted by atomic mass is 10.1. The third-order valence-electron chi connectivity index (χ3n) is 4.69. The summed E-state index contributed by atoms with van der Waals surface area (Å²) in [5.41, 5.74) is 3.00. The Balaban J connectivity index is 1.61. The van der Waals surface area contributed by atoms with Gasteiger partial charge in [0.2, 0.25) is 5.91 Å². The first-order valence-corrected chi connectivity index (χ1v) is 8.87. The maximum atomic E-state index is 13.1. The zero-order valence-corrected chi connectivity index (χ0v) is 15.8. The first-order chi connectivity index (χ1) is 13.9. The quantitative estimate of drug-likeness (QED) is 0.575. The third kappa shape index (κ3) is 3.49. The standard InChI is InChI=1S/C20H17FN6O2/c1-12-4-3-5-16(13(12)2)23-17(28)10-26-11-22-19-18(20(26)29)24-25-27(19)15-8-6-14(21)7-9-15/h3-9,11H,10H2,1-2H3,(H,23,28). The Morgan fingerprint density at radius 2 is 1.90 bits per heavy atom. The number of anilines is 1. The second kappa shape index (κ2) is 7.27. The van der Waals surface area contributed by atoms with E-state index in [-0.39, 0.29) is 29.4 Å². The number of aromatic nitrogens is 5. The lowest BCUT2D eigenvalue weighted by Crippen LogP contribution is -2.28. The van der Waals surface area contributed by atoms with E-state index in [1.165, 1.54) is 39.8 Å². The monoisotopic (exact) mass is 392 g/mol. The van der Waals surface area contributed by atoms with Gasteiger partial charge in [-0.2, -0.15) is 4.68 Å². The molecule has 2 aromatic carbocycles. The van der Waals surface area contributed by atoms with Gasteiger partial charge in [-0.15, -0.1) is 5.10 Å². The van der Waals surface area contributed by atoms with Crippen molar-refractivity contribution in [2.24, 2.45) is 0 Å². The zero-order valence-electron chi connectivity index (χ0n) is 15.8. The minimum Gasteiger partial charge on any atom is -0.324 e. The lowest BCUT2D eigenvalue weighted by molar-refractivity contribution is -0.116. The maximum absolute atomic E-state index is 13.1. The minimum atomic E-state index is -0.487. The average Bonchev–Trinajstić information content (AvgIpc) is 3.13. The average molecular weight is 392 g/mol. The van der Waals surface area contributed by atoms with Crippen LogP contribution in [0.15, 0.2) is 53.6 Å². The topological polar surface area (TPSA) is 94.7 Å². The Hall–Kier alpha value is -3.88. The molecule has 0 aliphatic rings.